The molecule has 0 aromatic carbocycles. The third kappa shape index (κ3) is 3.35. The summed E-state index contributed by atoms with van der Waals surface area (Å²) in [6, 6.07) is 0. The highest BCUT2D eigenvalue weighted by atomic mass is 16.7. The summed E-state index contributed by atoms with van der Waals surface area (Å²) in [6.07, 6.45) is 8.76. The van der Waals surface area contributed by atoms with Gasteiger partial charge in [-0.3, -0.25) is 0 Å². The van der Waals surface area contributed by atoms with E-state index in [0.29, 0.717) is 0 Å². The molecule has 0 radical (unpaired) electrons. The van der Waals surface area contributed by atoms with E-state index >= 15 is 0 Å². The van der Waals surface area contributed by atoms with Gasteiger partial charge >= 0.3 is 0 Å². The van der Waals surface area contributed by atoms with Gasteiger partial charge in [-0.05, 0) is 56.4 Å². The SMILES string of the molecule is C1CC(C2CCN(CC3CCC4(CC3)OCCO4)C2)CCO1. The average Bonchev–Trinajstić information content (AvgIpc) is 3.21. The van der Waals surface area contributed by atoms with Crippen LogP contribution in [0.3, 0.4) is 0 Å². The Balaban J connectivity index is 1.21. The molecule has 4 rings (SSSR count). The van der Waals surface area contributed by atoms with Crippen LogP contribution in [0, 0.1) is 17.8 Å². The first kappa shape index (κ1) is 15.4. The average molecular weight is 309 g/mol. The molecule has 4 aliphatic rings. The van der Waals surface area contributed by atoms with E-state index in [2.05, 4.69) is 4.90 Å². The van der Waals surface area contributed by atoms with Crippen LogP contribution in [0.1, 0.15) is 44.9 Å². The second-order valence-corrected chi connectivity index (χ2v) is 7.81. The van der Waals surface area contributed by atoms with Gasteiger partial charge in [0, 0.05) is 39.1 Å². The quantitative estimate of drug-likeness (QED) is 0.802. The van der Waals surface area contributed by atoms with Gasteiger partial charge in [0.1, 0.15) is 0 Å². The van der Waals surface area contributed by atoms with Crippen molar-refractivity contribution in [3.63, 3.8) is 0 Å². The largest absolute Gasteiger partial charge is 0.381 e. The van der Waals surface area contributed by atoms with Gasteiger partial charge in [-0.1, -0.05) is 0 Å². The van der Waals surface area contributed by atoms with Crippen LogP contribution in [0.5, 0.6) is 0 Å². The summed E-state index contributed by atoms with van der Waals surface area (Å²) >= 11 is 0. The fourth-order valence-electron chi connectivity index (χ4n) is 5.05. The van der Waals surface area contributed by atoms with E-state index in [0.717, 1.165) is 57.0 Å². The zero-order valence-corrected chi connectivity index (χ0v) is 13.8. The Bertz CT molecular complexity index is 353. The van der Waals surface area contributed by atoms with Crippen molar-refractivity contribution >= 4 is 0 Å². The standard InChI is InChI=1S/C18H31NO3/c1-6-18(21-11-12-22-18)7-2-15(1)13-19-8-3-17(14-19)16-4-9-20-10-5-16/h15-17H,1-14H2. The molecule has 126 valence electrons. The van der Waals surface area contributed by atoms with Crippen molar-refractivity contribution < 1.29 is 14.2 Å². The Morgan fingerprint density at radius 3 is 2.27 bits per heavy atom. The van der Waals surface area contributed by atoms with Crippen molar-refractivity contribution in [3.05, 3.63) is 0 Å². The third-order valence-electron chi connectivity index (χ3n) is 6.44. The van der Waals surface area contributed by atoms with Crippen LogP contribution in [0.2, 0.25) is 0 Å². The summed E-state index contributed by atoms with van der Waals surface area (Å²) < 4.78 is 17.2. The first-order valence-electron chi connectivity index (χ1n) is 9.41. The van der Waals surface area contributed by atoms with Gasteiger partial charge in [0.25, 0.3) is 0 Å². The van der Waals surface area contributed by atoms with Gasteiger partial charge in [-0.25, -0.2) is 0 Å². The fourth-order valence-corrected chi connectivity index (χ4v) is 5.05. The maximum atomic E-state index is 5.85. The number of hydrogen-bond donors (Lipinski definition) is 0. The minimum atomic E-state index is -0.188. The van der Waals surface area contributed by atoms with E-state index in [9.17, 15) is 0 Å². The minimum absolute atomic E-state index is 0.188. The number of rotatable bonds is 3. The predicted molar refractivity (Wildman–Crippen MR) is 84.7 cm³/mol. The van der Waals surface area contributed by atoms with Crippen LogP contribution in [0.4, 0.5) is 0 Å². The smallest absolute Gasteiger partial charge is 0.168 e. The van der Waals surface area contributed by atoms with Crippen LogP contribution in [-0.4, -0.2) is 56.7 Å². The maximum Gasteiger partial charge on any atom is 0.168 e. The molecule has 0 aromatic heterocycles. The lowest BCUT2D eigenvalue weighted by Gasteiger charge is -2.36. The van der Waals surface area contributed by atoms with Crippen molar-refractivity contribution in [2.75, 3.05) is 46.1 Å². The molecular formula is C18H31NO3. The molecule has 0 bridgehead atoms. The molecule has 0 amide bonds. The second kappa shape index (κ2) is 6.76. The van der Waals surface area contributed by atoms with Crippen LogP contribution >= 0.6 is 0 Å². The molecule has 1 spiro atoms. The highest BCUT2D eigenvalue weighted by Crippen LogP contribution is 2.39. The lowest BCUT2D eigenvalue weighted by atomic mass is 9.84. The molecule has 22 heavy (non-hydrogen) atoms. The zero-order valence-electron chi connectivity index (χ0n) is 13.8. The van der Waals surface area contributed by atoms with E-state index < -0.39 is 0 Å². The Labute approximate surface area is 134 Å². The highest BCUT2D eigenvalue weighted by Gasteiger charge is 2.41. The Morgan fingerprint density at radius 2 is 1.55 bits per heavy atom. The zero-order chi connectivity index (χ0) is 14.8. The van der Waals surface area contributed by atoms with E-state index in [4.69, 9.17) is 14.2 Å². The van der Waals surface area contributed by atoms with Crippen LogP contribution in [0.25, 0.3) is 0 Å². The highest BCUT2D eigenvalue weighted by molar-refractivity contribution is 4.87. The Morgan fingerprint density at radius 1 is 0.818 bits per heavy atom. The topological polar surface area (TPSA) is 30.9 Å². The molecule has 1 atom stereocenters. The van der Waals surface area contributed by atoms with E-state index in [-0.39, 0.29) is 5.79 Å². The van der Waals surface area contributed by atoms with Crippen LogP contribution < -0.4 is 0 Å². The summed E-state index contributed by atoms with van der Waals surface area (Å²) in [4.78, 5) is 2.74. The van der Waals surface area contributed by atoms with Gasteiger partial charge in [-0.2, -0.15) is 0 Å². The molecule has 4 heteroatoms. The summed E-state index contributed by atoms with van der Waals surface area (Å²) in [7, 11) is 0. The summed E-state index contributed by atoms with van der Waals surface area (Å²) in [5.74, 6) is 2.52. The number of hydrogen-bond acceptors (Lipinski definition) is 4. The minimum Gasteiger partial charge on any atom is -0.381 e. The molecule has 3 aliphatic heterocycles. The molecule has 1 unspecified atom stereocenters. The van der Waals surface area contributed by atoms with Gasteiger partial charge in [-0.15, -0.1) is 0 Å². The van der Waals surface area contributed by atoms with Gasteiger partial charge in [0.05, 0.1) is 13.2 Å². The molecule has 1 aliphatic carbocycles. The molecule has 0 aromatic rings. The molecule has 1 saturated carbocycles. The number of ether oxygens (including phenoxy) is 3. The molecule has 3 heterocycles. The lowest BCUT2D eigenvalue weighted by molar-refractivity contribution is -0.183. The molecule has 4 nitrogen and oxygen atoms in total. The summed E-state index contributed by atoms with van der Waals surface area (Å²) in [5.41, 5.74) is 0. The van der Waals surface area contributed by atoms with Crippen LogP contribution in [0.15, 0.2) is 0 Å². The van der Waals surface area contributed by atoms with Crippen molar-refractivity contribution in [2.24, 2.45) is 17.8 Å². The van der Waals surface area contributed by atoms with Crippen molar-refractivity contribution in [2.45, 2.75) is 50.7 Å². The normalized spacial score (nSPS) is 34.6. The van der Waals surface area contributed by atoms with Gasteiger partial charge in [0.15, 0.2) is 5.79 Å². The lowest BCUT2D eigenvalue weighted by Crippen LogP contribution is -2.38. The van der Waals surface area contributed by atoms with Crippen molar-refractivity contribution in [1.29, 1.82) is 0 Å². The summed E-state index contributed by atoms with van der Waals surface area (Å²) in [6.45, 7) is 7.52. The van der Waals surface area contributed by atoms with Crippen LogP contribution in [-0.2, 0) is 14.2 Å². The number of likely N-dealkylation sites (tertiary alicyclic amines) is 1. The first-order valence-corrected chi connectivity index (χ1v) is 9.41. The van der Waals surface area contributed by atoms with E-state index in [1.54, 1.807) is 0 Å². The summed E-state index contributed by atoms with van der Waals surface area (Å²) in [5, 5.41) is 0. The Kier molecular flexibility index (Phi) is 4.72. The molecule has 4 fully saturated rings. The predicted octanol–water partition coefficient (Wildman–Crippen LogP) is 2.67. The second-order valence-electron chi connectivity index (χ2n) is 7.81. The molecule has 3 saturated heterocycles. The fraction of sp³-hybridized carbons (Fsp3) is 1.00. The molecular weight excluding hydrogens is 278 g/mol. The molecule has 0 N–H and O–H groups in total. The Hall–Kier alpha value is -0.160. The van der Waals surface area contributed by atoms with Crippen molar-refractivity contribution in [1.82, 2.24) is 4.90 Å². The van der Waals surface area contributed by atoms with Gasteiger partial charge < -0.3 is 19.1 Å². The van der Waals surface area contributed by atoms with E-state index in [1.165, 1.54) is 51.7 Å². The van der Waals surface area contributed by atoms with Gasteiger partial charge in [0.2, 0.25) is 0 Å². The van der Waals surface area contributed by atoms with Crippen molar-refractivity contribution in [3.8, 4) is 0 Å². The first-order chi connectivity index (χ1) is 10.8. The maximum absolute atomic E-state index is 5.85. The third-order valence-corrected chi connectivity index (χ3v) is 6.44. The van der Waals surface area contributed by atoms with E-state index in [1.807, 2.05) is 0 Å². The monoisotopic (exact) mass is 309 g/mol. The number of nitrogens with zero attached hydrogens (tertiary/aromatic N) is 1.